The number of aryl methyl sites for hydroxylation is 3. The molecule has 2 N–H and O–H groups in total. The van der Waals surface area contributed by atoms with Gasteiger partial charge in [0.25, 0.3) is 5.56 Å². The number of halogens is 1. The summed E-state index contributed by atoms with van der Waals surface area (Å²) in [6, 6.07) is 4.60. The van der Waals surface area contributed by atoms with Crippen LogP contribution in [0.25, 0.3) is 10.2 Å². The Kier molecular flexibility index (Phi) is 5.67. The van der Waals surface area contributed by atoms with Crippen LogP contribution in [0.3, 0.4) is 0 Å². The molecule has 142 valence electrons. The maximum Gasteiger partial charge on any atom is 0.259 e. The van der Waals surface area contributed by atoms with Gasteiger partial charge in [0.2, 0.25) is 5.91 Å². The van der Waals surface area contributed by atoms with E-state index in [1.165, 1.54) is 29.2 Å². The van der Waals surface area contributed by atoms with Gasteiger partial charge in [0, 0.05) is 10.6 Å². The van der Waals surface area contributed by atoms with Crippen molar-refractivity contribution in [2.24, 2.45) is 0 Å². The lowest BCUT2D eigenvalue weighted by atomic mass is 10.2. The molecule has 0 spiro atoms. The van der Waals surface area contributed by atoms with Crippen molar-refractivity contribution < 1.29 is 9.18 Å². The average Bonchev–Trinajstić information content (AvgIpc) is 2.90. The van der Waals surface area contributed by atoms with Crippen molar-refractivity contribution in [2.45, 2.75) is 38.7 Å². The number of H-pyrrole nitrogens is 1. The van der Waals surface area contributed by atoms with E-state index in [0.29, 0.717) is 28.2 Å². The Hall–Kier alpha value is -2.19. The molecular weight excluding hydrogens is 385 g/mol. The van der Waals surface area contributed by atoms with Crippen LogP contribution in [-0.4, -0.2) is 21.1 Å². The number of thioether (sulfide) groups is 1. The van der Waals surface area contributed by atoms with E-state index in [1.54, 1.807) is 26.0 Å². The molecule has 1 amide bonds. The third kappa shape index (κ3) is 4.22. The van der Waals surface area contributed by atoms with Gasteiger partial charge in [-0.2, -0.15) is 0 Å². The highest BCUT2D eigenvalue weighted by atomic mass is 32.2. The van der Waals surface area contributed by atoms with Gasteiger partial charge in [0.05, 0.1) is 16.4 Å². The van der Waals surface area contributed by atoms with Crippen LogP contribution < -0.4 is 10.9 Å². The fourth-order valence-electron chi connectivity index (χ4n) is 2.56. The number of fused-ring (bicyclic) bond motifs is 1. The minimum absolute atomic E-state index is 0.148. The second kappa shape index (κ2) is 7.82. The number of hydrogen-bond donors (Lipinski definition) is 2. The topological polar surface area (TPSA) is 74.8 Å². The van der Waals surface area contributed by atoms with Crippen LogP contribution in [-0.2, 0) is 10.5 Å². The van der Waals surface area contributed by atoms with E-state index < -0.39 is 0 Å². The molecule has 2 heterocycles. The summed E-state index contributed by atoms with van der Waals surface area (Å²) >= 11 is 2.86. The van der Waals surface area contributed by atoms with Gasteiger partial charge >= 0.3 is 0 Å². The Labute approximate surface area is 164 Å². The molecule has 1 unspecified atom stereocenters. The molecule has 0 aliphatic carbocycles. The first kappa shape index (κ1) is 19.6. The smallest absolute Gasteiger partial charge is 0.259 e. The van der Waals surface area contributed by atoms with Gasteiger partial charge in [-0.3, -0.25) is 9.59 Å². The normalized spacial score (nSPS) is 12.3. The quantitative estimate of drug-likeness (QED) is 0.663. The maximum atomic E-state index is 13.6. The second-order valence-electron chi connectivity index (χ2n) is 6.38. The lowest BCUT2D eigenvalue weighted by molar-refractivity contribution is -0.115. The molecule has 0 radical (unpaired) electrons. The first-order chi connectivity index (χ1) is 12.8. The molecule has 1 aromatic carbocycles. The third-order valence-corrected chi connectivity index (χ3v) is 6.62. The van der Waals surface area contributed by atoms with E-state index in [2.05, 4.69) is 15.3 Å². The number of rotatable bonds is 5. The minimum Gasteiger partial charge on any atom is -0.325 e. The summed E-state index contributed by atoms with van der Waals surface area (Å²) in [5.41, 5.74) is 1.76. The Balaban J connectivity index is 1.67. The third-order valence-electron chi connectivity index (χ3n) is 4.37. The molecule has 0 fully saturated rings. The van der Waals surface area contributed by atoms with Crippen molar-refractivity contribution in [3.8, 4) is 0 Å². The van der Waals surface area contributed by atoms with Gasteiger partial charge in [0.15, 0.2) is 0 Å². The van der Waals surface area contributed by atoms with Crippen LogP contribution in [0.4, 0.5) is 10.1 Å². The fraction of sp³-hybridized carbons (Fsp3) is 0.316. The van der Waals surface area contributed by atoms with Crippen LogP contribution in [0.1, 0.15) is 28.8 Å². The standard InChI is InChI=1S/C19H20FN3O2S2/c1-9-5-6-13(7-14(9)20)21-17(24)12(4)26-8-15-22-18(25)16-10(2)11(3)27-19(16)23-15/h5-7,12H,8H2,1-4H3,(H,21,24)(H,22,23,25). The number of anilines is 1. The average molecular weight is 406 g/mol. The SMILES string of the molecule is Cc1ccc(NC(=O)C(C)SCc2nc3sc(C)c(C)c3c(=O)[nH]2)cc1F. The lowest BCUT2D eigenvalue weighted by Gasteiger charge is -2.12. The fourth-order valence-corrected chi connectivity index (χ4v) is 4.37. The van der Waals surface area contributed by atoms with Crippen molar-refractivity contribution in [1.29, 1.82) is 0 Å². The number of amides is 1. The van der Waals surface area contributed by atoms with Crippen molar-refractivity contribution in [3.63, 3.8) is 0 Å². The molecule has 3 rings (SSSR count). The minimum atomic E-state index is -0.387. The molecule has 1 atom stereocenters. The summed E-state index contributed by atoms with van der Waals surface area (Å²) < 4.78 is 13.6. The molecule has 0 saturated carbocycles. The van der Waals surface area contributed by atoms with Crippen LogP contribution in [0.15, 0.2) is 23.0 Å². The molecule has 0 aliphatic rings. The summed E-state index contributed by atoms with van der Waals surface area (Å²) in [4.78, 5) is 33.7. The zero-order chi connectivity index (χ0) is 19.7. The number of nitrogens with zero attached hydrogens (tertiary/aromatic N) is 1. The second-order valence-corrected chi connectivity index (χ2v) is 8.91. The molecule has 0 aliphatic heterocycles. The highest BCUT2D eigenvalue weighted by molar-refractivity contribution is 7.99. The molecule has 0 saturated heterocycles. The molecule has 8 heteroatoms. The summed E-state index contributed by atoms with van der Waals surface area (Å²) in [5, 5.41) is 2.96. The number of aromatic amines is 1. The van der Waals surface area contributed by atoms with Crippen molar-refractivity contribution in [3.05, 3.63) is 56.2 Å². The van der Waals surface area contributed by atoms with Crippen molar-refractivity contribution in [1.82, 2.24) is 9.97 Å². The zero-order valence-electron chi connectivity index (χ0n) is 15.5. The van der Waals surface area contributed by atoms with Gasteiger partial charge in [0.1, 0.15) is 16.5 Å². The van der Waals surface area contributed by atoms with Crippen LogP contribution in [0.5, 0.6) is 0 Å². The predicted octanol–water partition coefficient (Wildman–Crippen LogP) is 4.31. The maximum absolute atomic E-state index is 13.6. The number of carbonyl (C=O) groups excluding carboxylic acids is 1. The molecule has 3 aromatic rings. The van der Waals surface area contributed by atoms with Gasteiger partial charge in [-0.1, -0.05) is 6.07 Å². The predicted molar refractivity (Wildman–Crippen MR) is 110 cm³/mol. The first-order valence-electron chi connectivity index (χ1n) is 8.43. The Morgan fingerprint density at radius 1 is 1.37 bits per heavy atom. The molecular formula is C19H20FN3O2S2. The van der Waals surface area contributed by atoms with Crippen molar-refractivity contribution in [2.75, 3.05) is 5.32 Å². The van der Waals surface area contributed by atoms with Gasteiger partial charge < -0.3 is 10.3 Å². The zero-order valence-corrected chi connectivity index (χ0v) is 17.1. The van der Waals surface area contributed by atoms with Gasteiger partial charge in [-0.05, 0) is 51.0 Å². The summed E-state index contributed by atoms with van der Waals surface area (Å²) in [5.74, 6) is 0.358. The summed E-state index contributed by atoms with van der Waals surface area (Å²) in [6.45, 7) is 7.32. The number of aromatic nitrogens is 2. The summed E-state index contributed by atoms with van der Waals surface area (Å²) in [7, 11) is 0. The number of benzene rings is 1. The molecule has 5 nitrogen and oxygen atoms in total. The first-order valence-corrected chi connectivity index (χ1v) is 10.3. The van der Waals surface area contributed by atoms with E-state index in [0.717, 1.165) is 15.3 Å². The Morgan fingerprint density at radius 2 is 2.11 bits per heavy atom. The summed E-state index contributed by atoms with van der Waals surface area (Å²) in [6.07, 6.45) is 0. The number of hydrogen-bond acceptors (Lipinski definition) is 5. The largest absolute Gasteiger partial charge is 0.325 e. The van der Waals surface area contributed by atoms with E-state index in [4.69, 9.17) is 0 Å². The van der Waals surface area contributed by atoms with Crippen LogP contribution >= 0.6 is 23.1 Å². The van der Waals surface area contributed by atoms with Crippen molar-refractivity contribution >= 4 is 44.9 Å². The van der Waals surface area contributed by atoms with Gasteiger partial charge in [-0.25, -0.2) is 9.37 Å². The van der Waals surface area contributed by atoms with E-state index in [-0.39, 0.29) is 22.5 Å². The van der Waals surface area contributed by atoms with E-state index >= 15 is 0 Å². The number of carbonyl (C=O) groups is 1. The lowest BCUT2D eigenvalue weighted by Crippen LogP contribution is -2.23. The van der Waals surface area contributed by atoms with E-state index in [1.807, 2.05) is 13.8 Å². The highest BCUT2D eigenvalue weighted by Crippen LogP contribution is 2.26. The molecule has 27 heavy (non-hydrogen) atoms. The van der Waals surface area contributed by atoms with Crippen LogP contribution in [0, 0.1) is 26.6 Å². The molecule has 2 aromatic heterocycles. The monoisotopic (exact) mass is 405 g/mol. The number of nitrogens with one attached hydrogen (secondary N) is 2. The van der Waals surface area contributed by atoms with E-state index in [9.17, 15) is 14.0 Å². The Morgan fingerprint density at radius 3 is 2.81 bits per heavy atom. The number of thiophene rings is 1. The highest BCUT2D eigenvalue weighted by Gasteiger charge is 2.16. The van der Waals surface area contributed by atoms with Crippen LogP contribution in [0.2, 0.25) is 0 Å². The molecule has 0 bridgehead atoms. The van der Waals surface area contributed by atoms with Gasteiger partial charge in [-0.15, -0.1) is 23.1 Å². The Bertz CT molecular complexity index is 1070.